The highest BCUT2D eigenvalue weighted by Crippen LogP contribution is 2.35. The molecule has 1 aromatic heterocycles. The van der Waals surface area contributed by atoms with Crippen LogP contribution in [0.3, 0.4) is 0 Å². The normalized spacial score (nSPS) is 17.6. The number of amides is 1. The summed E-state index contributed by atoms with van der Waals surface area (Å²) >= 11 is 5.71. The van der Waals surface area contributed by atoms with Crippen molar-refractivity contribution in [1.29, 1.82) is 0 Å². The van der Waals surface area contributed by atoms with Crippen LogP contribution in [0.2, 0.25) is 0 Å². The summed E-state index contributed by atoms with van der Waals surface area (Å²) in [5.41, 5.74) is 0.673. The van der Waals surface area contributed by atoms with E-state index in [1.165, 1.54) is 25.9 Å². The lowest BCUT2D eigenvalue weighted by atomic mass is 10.0. The van der Waals surface area contributed by atoms with Gasteiger partial charge in [-0.25, -0.2) is 4.98 Å². The van der Waals surface area contributed by atoms with E-state index in [0.717, 1.165) is 44.3 Å². The Hall–Kier alpha value is -2.36. The largest absolute Gasteiger partial charge is 0.493 e. The van der Waals surface area contributed by atoms with Crippen LogP contribution in [-0.4, -0.2) is 90.1 Å². The highest BCUT2D eigenvalue weighted by Gasteiger charge is 2.23. The summed E-state index contributed by atoms with van der Waals surface area (Å²) in [6.45, 7) is 10.5. The molecule has 0 bridgehead atoms. The Bertz CT molecular complexity index is 1020. The number of carbonyl (C=O) groups excluding carboxylic acids is 1. The number of halogens is 1. The summed E-state index contributed by atoms with van der Waals surface area (Å²) in [5.74, 6) is 1.66. The number of aromatic nitrogens is 2. The third kappa shape index (κ3) is 6.89. The Morgan fingerprint density at radius 1 is 1.14 bits per heavy atom. The van der Waals surface area contributed by atoms with Gasteiger partial charge in [-0.15, -0.1) is 11.6 Å². The summed E-state index contributed by atoms with van der Waals surface area (Å²) in [4.78, 5) is 26.2. The Morgan fingerprint density at radius 2 is 1.89 bits per heavy atom. The second-order valence-corrected chi connectivity index (χ2v) is 10.2. The predicted molar refractivity (Wildman–Crippen MR) is 145 cm³/mol. The van der Waals surface area contributed by atoms with Gasteiger partial charge in [0.25, 0.3) is 0 Å². The maximum atomic E-state index is 12.0. The van der Waals surface area contributed by atoms with Gasteiger partial charge in [0.1, 0.15) is 11.7 Å². The zero-order chi connectivity index (χ0) is 25.5. The van der Waals surface area contributed by atoms with Crippen LogP contribution in [0.25, 0.3) is 10.9 Å². The van der Waals surface area contributed by atoms with Gasteiger partial charge in [-0.1, -0.05) is 0 Å². The molecule has 0 aliphatic carbocycles. The first kappa shape index (κ1) is 26.7. The van der Waals surface area contributed by atoms with Crippen molar-refractivity contribution in [1.82, 2.24) is 19.8 Å². The average Bonchev–Trinajstić information content (AvgIpc) is 3.40. The fourth-order valence-corrected chi connectivity index (χ4v) is 5.03. The van der Waals surface area contributed by atoms with Gasteiger partial charge in [0.2, 0.25) is 11.9 Å². The zero-order valence-electron chi connectivity index (χ0n) is 21.7. The number of hydrogen-bond donors (Lipinski definition) is 2. The van der Waals surface area contributed by atoms with Crippen LogP contribution in [-0.2, 0) is 4.79 Å². The molecule has 198 valence electrons. The van der Waals surface area contributed by atoms with Gasteiger partial charge in [-0.2, -0.15) is 4.98 Å². The Balaban J connectivity index is 1.54. The quantitative estimate of drug-likeness (QED) is 0.341. The van der Waals surface area contributed by atoms with Gasteiger partial charge < -0.3 is 24.6 Å². The maximum absolute atomic E-state index is 12.0. The number of anilines is 2. The molecule has 2 aliphatic rings. The van der Waals surface area contributed by atoms with Crippen LogP contribution in [0.4, 0.5) is 11.8 Å². The van der Waals surface area contributed by atoms with Gasteiger partial charge in [0, 0.05) is 43.2 Å². The van der Waals surface area contributed by atoms with E-state index in [0.29, 0.717) is 35.5 Å². The number of alkyl halides is 1. The van der Waals surface area contributed by atoms with Crippen LogP contribution in [0.5, 0.6) is 11.5 Å². The standard InChI is InChI=1S/C26H39ClN6O3/c1-18(2)33-12-7-19(8-13-33)28-25-20-15-22(35-3)23(36-14-6-11-32-9-4-5-10-32)16-21(20)29-26(31-25)30-24(34)17-27/h15-16,18-19H,4-14,17H2,1-3H3,(H2,28,29,30,31,34). The molecule has 2 aliphatic heterocycles. The number of hydrogen-bond acceptors (Lipinski definition) is 8. The number of likely N-dealkylation sites (tertiary alicyclic amines) is 2. The number of benzene rings is 1. The number of nitrogens with zero attached hydrogens (tertiary/aromatic N) is 4. The zero-order valence-corrected chi connectivity index (χ0v) is 22.4. The predicted octanol–water partition coefficient (Wildman–Crippen LogP) is 3.97. The molecule has 3 heterocycles. The summed E-state index contributed by atoms with van der Waals surface area (Å²) < 4.78 is 11.8. The first-order valence-electron chi connectivity index (χ1n) is 13.1. The van der Waals surface area contributed by atoms with E-state index >= 15 is 0 Å². The van der Waals surface area contributed by atoms with Crippen molar-refractivity contribution in [3.63, 3.8) is 0 Å². The van der Waals surface area contributed by atoms with E-state index in [2.05, 4.69) is 44.2 Å². The Labute approximate surface area is 218 Å². The lowest BCUT2D eigenvalue weighted by Crippen LogP contribution is -2.42. The second-order valence-electron chi connectivity index (χ2n) is 9.90. The van der Waals surface area contributed by atoms with Gasteiger partial charge in [-0.05, 0) is 65.1 Å². The molecule has 4 rings (SSSR count). The molecule has 0 unspecified atom stereocenters. The fourth-order valence-electron chi connectivity index (χ4n) is 4.96. The summed E-state index contributed by atoms with van der Waals surface area (Å²) in [6.07, 6.45) is 5.55. The first-order chi connectivity index (χ1) is 17.5. The van der Waals surface area contributed by atoms with Crippen molar-refractivity contribution < 1.29 is 14.3 Å². The lowest BCUT2D eigenvalue weighted by Gasteiger charge is -2.35. The summed E-state index contributed by atoms with van der Waals surface area (Å²) in [6, 6.07) is 4.61. The van der Waals surface area contributed by atoms with Gasteiger partial charge in [-0.3, -0.25) is 10.1 Å². The topological polar surface area (TPSA) is 91.9 Å². The number of carbonyl (C=O) groups is 1. The number of piperidine rings is 1. The second kappa shape index (κ2) is 12.7. The SMILES string of the molecule is COc1cc2c(NC3CCN(C(C)C)CC3)nc(NC(=O)CCl)nc2cc1OCCCN1CCCC1. The number of nitrogens with one attached hydrogen (secondary N) is 2. The molecule has 0 spiro atoms. The number of ether oxygens (including phenoxy) is 2. The summed E-state index contributed by atoms with van der Waals surface area (Å²) in [7, 11) is 1.64. The molecular weight excluding hydrogens is 480 g/mol. The molecule has 36 heavy (non-hydrogen) atoms. The molecule has 1 amide bonds. The van der Waals surface area contributed by atoms with Crippen molar-refractivity contribution >= 4 is 40.2 Å². The van der Waals surface area contributed by atoms with Crippen LogP contribution >= 0.6 is 11.6 Å². The molecule has 2 fully saturated rings. The number of fused-ring (bicyclic) bond motifs is 1. The third-order valence-electron chi connectivity index (χ3n) is 7.03. The van der Waals surface area contributed by atoms with E-state index in [-0.39, 0.29) is 23.8 Å². The van der Waals surface area contributed by atoms with E-state index in [4.69, 9.17) is 21.1 Å². The molecular formula is C26H39ClN6O3. The molecule has 2 N–H and O–H groups in total. The molecule has 0 atom stereocenters. The van der Waals surface area contributed by atoms with Crippen LogP contribution in [0, 0.1) is 0 Å². The molecule has 0 radical (unpaired) electrons. The van der Waals surface area contributed by atoms with Crippen molar-refractivity contribution in [2.24, 2.45) is 0 Å². The molecule has 1 aromatic carbocycles. The van der Waals surface area contributed by atoms with Crippen LogP contribution < -0.4 is 20.1 Å². The molecule has 9 nitrogen and oxygen atoms in total. The highest BCUT2D eigenvalue weighted by molar-refractivity contribution is 6.28. The number of methoxy groups -OCH3 is 1. The van der Waals surface area contributed by atoms with E-state index < -0.39 is 0 Å². The molecule has 2 aromatic rings. The van der Waals surface area contributed by atoms with Crippen LogP contribution in [0.1, 0.15) is 46.0 Å². The van der Waals surface area contributed by atoms with E-state index in [9.17, 15) is 4.79 Å². The average molecular weight is 519 g/mol. The Kier molecular flexibility index (Phi) is 9.45. The maximum Gasteiger partial charge on any atom is 0.241 e. The molecule has 10 heteroatoms. The van der Waals surface area contributed by atoms with Crippen molar-refractivity contribution in [3.8, 4) is 11.5 Å². The summed E-state index contributed by atoms with van der Waals surface area (Å²) in [5, 5.41) is 7.13. The van der Waals surface area contributed by atoms with Crippen molar-refractivity contribution in [2.75, 3.05) is 63.0 Å². The fraction of sp³-hybridized carbons (Fsp3) is 0.654. The van der Waals surface area contributed by atoms with E-state index in [1.807, 2.05) is 12.1 Å². The number of rotatable bonds is 11. The molecule has 2 saturated heterocycles. The third-order valence-corrected chi connectivity index (χ3v) is 7.27. The van der Waals surface area contributed by atoms with E-state index in [1.54, 1.807) is 7.11 Å². The van der Waals surface area contributed by atoms with Crippen molar-refractivity contribution in [3.05, 3.63) is 12.1 Å². The minimum atomic E-state index is -0.348. The Morgan fingerprint density at radius 3 is 2.56 bits per heavy atom. The van der Waals surface area contributed by atoms with Gasteiger partial charge in [0.05, 0.1) is 19.2 Å². The smallest absolute Gasteiger partial charge is 0.241 e. The first-order valence-corrected chi connectivity index (χ1v) is 13.6. The highest BCUT2D eigenvalue weighted by atomic mass is 35.5. The van der Waals surface area contributed by atoms with Gasteiger partial charge >= 0.3 is 0 Å². The van der Waals surface area contributed by atoms with Crippen molar-refractivity contribution in [2.45, 2.75) is 58.0 Å². The van der Waals surface area contributed by atoms with Gasteiger partial charge in [0.15, 0.2) is 11.5 Å². The lowest BCUT2D eigenvalue weighted by molar-refractivity contribution is -0.114. The van der Waals surface area contributed by atoms with Crippen LogP contribution in [0.15, 0.2) is 12.1 Å². The molecule has 0 saturated carbocycles. The minimum Gasteiger partial charge on any atom is -0.493 e. The monoisotopic (exact) mass is 518 g/mol. The minimum absolute atomic E-state index is 0.161.